The summed E-state index contributed by atoms with van der Waals surface area (Å²) in [6.07, 6.45) is 3.90. The van der Waals surface area contributed by atoms with Crippen molar-refractivity contribution in [2.24, 2.45) is 10.9 Å². The van der Waals surface area contributed by atoms with E-state index in [1.807, 2.05) is 0 Å². The number of oxime groups is 1. The van der Waals surface area contributed by atoms with E-state index < -0.39 is 5.82 Å². The van der Waals surface area contributed by atoms with Crippen molar-refractivity contribution in [3.8, 4) is 5.75 Å². The van der Waals surface area contributed by atoms with E-state index in [1.165, 1.54) is 18.2 Å². The molecule has 0 amide bonds. The van der Waals surface area contributed by atoms with Crippen molar-refractivity contribution in [1.82, 2.24) is 0 Å². The molecule has 20 heavy (non-hydrogen) atoms. The maximum Gasteiger partial charge on any atom is 0.173 e. The quantitative estimate of drug-likeness (QED) is 0.384. The lowest BCUT2D eigenvalue weighted by Gasteiger charge is -2.29. The Morgan fingerprint density at radius 2 is 2.15 bits per heavy atom. The normalized spacial score (nSPS) is 23.6. The van der Waals surface area contributed by atoms with Gasteiger partial charge in [0.25, 0.3) is 0 Å². The van der Waals surface area contributed by atoms with Gasteiger partial charge in [0.05, 0.1) is 11.7 Å². The van der Waals surface area contributed by atoms with Gasteiger partial charge in [-0.2, -0.15) is 0 Å². The minimum atomic E-state index is -0.461. The van der Waals surface area contributed by atoms with Gasteiger partial charge in [0.15, 0.2) is 5.84 Å². The van der Waals surface area contributed by atoms with Crippen LogP contribution in [-0.2, 0) is 4.74 Å². The molecule has 5 nitrogen and oxygen atoms in total. The van der Waals surface area contributed by atoms with Gasteiger partial charge in [0.1, 0.15) is 17.7 Å². The van der Waals surface area contributed by atoms with Crippen molar-refractivity contribution >= 4 is 5.84 Å². The fourth-order valence-electron chi connectivity index (χ4n) is 2.46. The minimum Gasteiger partial charge on any atom is -0.490 e. The minimum absolute atomic E-state index is 0.00981. The van der Waals surface area contributed by atoms with Gasteiger partial charge in [-0.25, -0.2) is 4.39 Å². The number of nitrogens with zero attached hydrogens (tertiary/aromatic N) is 1. The molecule has 0 aromatic heterocycles. The summed E-state index contributed by atoms with van der Waals surface area (Å²) in [7, 11) is 1.69. The van der Waals surface area contributed by atoms with E-state index in [1.54, 1.807) is 7.11 Å². The number of hydrogen-bond acceptors (Lipinski definition) is 4. The lowest BCUT2D eigenvalue weighted by molar-refractivity contribution is 0.0209. The standard InChI is InChI=1S/C14H19FN2O3/c1-19-10-3-2-4-11(8-10)20-13-6-5-9(15)7-12(13)14(16)17-18/h5-7,10-11,18H,2-4,8H2,1H3,(H2,16,17). The summed E-state index contributed by atoms with van der Waals surface area (Å²) in [6, 6.07) is 3.99. The van der Waals surface area contributed by atoms with Gasteiger partial charge in [0.2, 0.25) is 0 Å². The molecule has 0 bridgehead atoms. The molecule has 3 N–H and O–H groups in total. The summed E-state index contributed by atoms with van der Waals surface area (Å²) in [4.78, 5) is 0. The summed E-state index contributed by atoms with van der Waals surface area (Å²) < 4.78 is 24.5. The zero-order valence-electron chi connectivity index (χ0n) is 11.4. The van der Waals surface area contributed by atoms with E-state index in [2.05, 4.69) is 5.16 Å². The molecule has 110 valence electrons. The molecule has 1 aromatic carbocycles. The smallest absolute Gasteiger partial charge is 0.173 e. The second kappa shape index (κ2) is 6.56. The second-order valence-electron chi connectivity index (χ2n) is 4.89. The van der Waals surface area contributed by atoms with E-state index in [-0.39, 0.29) is 23.6 Å². The molecule has 2 rings (SSSR count). The first kappa shape index (κ1) is 14.6. The van der Waals surface area contributed by atoms with Gasteiger partial charge in [-0.15, -0.1) is 0 Å². The maximum atomic E-state index is 13.3. The van der Waals surface area contributed by atoms with Crippen molar-refractivity contribution in [2.45, 2.75) is 37.9 Å². The first-order chi connectivity index (χ1) is 9.63. The first-order valence-electron chi connectivity index (χ1n) is 6.61. The summed E-state index contributed by atoms with van der Waals surface area (Å²) >= 11 is 0. The highest BCUT2D eigenvalue weighted by molar-refractivity contribution is 5.99. The summed E-state index contributed by atoms with van der Waals surface area (Å²) in [5.74, 6) is -0.209. The summed E-state index contributed by atoms with van der Waals surface area (Å²) in [6.45, 7) is 0. The summed E-state index contributed by atoms with van der Waals surface area (Å²) in [5, 5.41) is 11.7. The molecule has 2 unspecified atom stereocenters. The highest BCUT2D eigenvalue weighted by Gasteiger charge is 2.24. The zero-order valence-corrected chi connectivity index (χ0v) is 11.4. The number of rotatable bonds is 4. The van der Waals surface area contributed by atoms with Crippen LogP contribution in [0, 0.1) is 5.82 Å². The lowest BCUT2D eigenvalue weighted by atomic mass is 9.95. The van der Waals surface area contributed by atoms with E-state index in [9.17, 15) is 4.39 Å². The van der Waals surface area contributed by atoms with Crippen molar-refractivity contribution in [3.05, 3.63) is 29.6 Å². The van der Waals surface area contributed by atoms with Crippen LogP contribution in [0.25, 0.3) is 0 Å². The molecule has 1 aromatic rings. The molecule has 0 saturated heterocycles. The van der Waals surface area contributed by atoms with Crippen molar-refractivity contribution < 1.29 is 19.1 Å². The fraction of sp³-hybridized carbons (Fsp3) is 0.500. The van der Waals surface area contributed by atoms with E-state index >= 15 is 0 Å². The molecule has 1 aliphatic rings. The lowest BCUT2D eigenvalue weighted by Crippen LogP contribution is -2.30. The van der Waals surface area contributed by atoms with Gasteiger partial charge >= 0.3 is 0 Å². The van der Waals surface area contributed by atoms with Crippen molar-refractivity contribution in [2.75, 3.05) is 7.11 Å². The molecule has 1 fully saturated rings. The Balaban J connectivity index is 2.16. The van der Waals surface area contributed by atoms with Crippen molar-refractivity contribution in [1.29, 1.82) is 0 Å². The Hall–Kier alpha value is -1.82. The van der Waals surface area contributed by atoms with Crippen LogP contribution in [0.2, 0.25) is 0 Å². The van der Waals surface area contributed by atoms with Crippen LogP contribution < -0.4 is 10.5 Å². The SMILES string of the molecule is COC1CCCC(Oc2ccc(F)cc2C(N)=NO)C1. The molecule has 0 radical (unpaired) electrons. The van der Waals surface area contributed by atoms with Crippen LogP contribution in [0.4, 0.5) is 4.39 Å². The van der Waals surface area contributed by atoms with Crippen LogP contribution in [-0.4, -0.2) is 30.4 Å². The number of hydrogen-bond donors (Lipinski definition) is 2. The third kappa shape index (κ3) is 3.39. The molecule has 1 aliphatic carbocycles. The number of halogens is 1. The average molecular weight is 282 g/mol. The number of ether oxygens (including phenoxy) is 2. The fourth-order valence-corrected chi connectivity index (χ4v) is 2.46. The molecular weight excluding hydrogens is 263 g/mol. The van der Waals surface area contributed by atoms with Gasteiger partial charge in [-0.1, -0.05) is 5.16 Å². The summed E-state index contributed by atoms with van der Waals surface area (Å²) in [5.41, 5.74) is 5.81. The number of amidine groups is 1. The number of methoxy groups -OCH3 is 1. The van der Waals surface area contributed by atoms with Crippen LogP contribution in [0.15, 0.2) is 23.4 Å². The van der Waals surface area contributed by atoms with Gasteiger partial charge in [-0.3, -0.25) is 0 Å². The van der Waals surface area contributed by atoms with Gasteiger partial charge < -0.3 is 20.4 Å². The van der Waals surface area contributed by atoms with Crippen molar-refractivity contribution in [3.63, 3.8) is 0 Å². The number of nitrogens with two attached hydrogens (primary N) is 1. The molecule has 6 heteroatoms. The predicted molar refractivity (Wildman–Crippen MR) is 72.6 cm³/mol. The number of benzene rings is 1. The molecule has 0 aliphatic heterocycles. The molecular formula is C14H19FN2O3. The highest BCUT2D eigenvalue weighted by atomic mass is 19.1. The topological polar surface area (TPSA) is 77.1 Å². The van der Waals surface area contributed by atoms with Gasteiger partial charge in [0, 0.05) is 13.5 Å². The maximum absolute atomic E-state index is 13.3. The van der Waals surface area contributed by atoms with Crippen LogP contribution in [0.3, 0.4) is 0 Å². The Morgan fingerprint density at radius 1 is 1.40 bits per heavy atom. The Labute approximate surface area is 117 Å². The Bertz CT molecular complexity index is 493. The predicted octanol–water partition coefficient (Wildman–Crippen LogP) is 2.26. The van der Waals surface area contributed by atoms with Crippen LogP contribution in [0.1, 0.15) is 31.2 Å². The van der Waals surface area contributed by atoms with Gasteiger partial charge in [-0.05, 0) is 37.5 Å². The molecule has 0 heterocycles. The van der Waals surface area contributed by atoms with E-state index in [0.717, 1.165) is 25.7 Å². The van der Waals surface area contributed by atoms with E-state index in [0.29, 0.717) is 5.75 Å². The largest absolute Gasteiger partial charge is 0.490 e. The first-order valence-corrected chi connectivity index (χ1v) is 6.61. The Morgan fingerprint density at radius 3 is 2.85 bits per heavy atom. The van der Waals surface area contributed by atoms with E-state index in [4.69, 9.17) is 20.4 Å². The molecule has 0 spiro atoms. The Kier molecular flexibility index (Phi) is 4.79. The third-order valence-electron chi connectivity index (χ3n) is 3.53. The molecule has 2 atom stereocenters. The highest BCUT2D eigenvalue weighted by Crippen LogP contribution is 2.27. The second-order valence-corrected chi connectivity index (χ2v) is 4.89. The third-order valence-corrected chi connectivity index (χ3v) is 3.53. The monoisotopic (exact) mass is 282 g/mol. The van der Waals surface area contributed by atoms with Crippen LogP contribution in [0.5, 0.6) is 5.75 Å². The van der Waals surface area contributed by atoms with Crippen LogP contribution >= 0.6 is 0 Å². The molecule has 1 saturated carbocycles. The zero-order chi connectivity index (χ0) is 14.5. The average Bonchev–Trinajstić information content (AvgIpc) is 2.48.